The molecule has 1 aliphatic carbocycles. The topological polar surface area (TPSA) is 139 Å². The zero-order chi connectivity index (χ0) is 20.8. The third kappa shape index (κ3) is 4.14. The van der Waals surface area contributed by atoms with Crippen molar-refractivity contribution in [3.05, 3.63) is 45.5 Å². The number of rotatable bonds is 5. The molecule has 1 aliphatic heterocycles. The molecule has 2 fully saturated rings. The van der Waals surface area contributed by atoms with E-state index in [0.717, 1.165) is 42.9 Å². The van der Waals surface area contributed by atoms with Crippen LogP contribution in [0.15, 0.2) is 23.1 Å². The Hall–Kier alpha value is -2.82. The molecule has 29 heavy (non-hydrogen) atoms. The van der Waals surface area contributed by atoms with Gasteiger partial charge in [0, 0.05) is 48.9 Å². The van der Waals surface area contributed by atoms with E-state index in [0.29, 0.717) is 31.8 Å². The van der Waals surface area contributed by atoms with E-state index in [4.69, 9.17) is 0 Å². The summed E-state index contributed by atoms with van der Waals surface area (Å²) in [6, 6.07) is 3.30. The number of aromatic amines is 1. The summed E-state index contributed by atoms with van der Waals surface area (Å²) in [6.45, 7) is 0.916. The first-order valence-electron chi connectivity index (χ1n) is 9.43. The molecule has 4 rings (SSSR count). The summed E-state index contributed by atoms with van der Waals surface area (Å²) in [5.74, 6) is 1.95. The molecule has 2 heterocycles. The lowest BCUT2D eigenvalue weighted by atomic mass is 9.95. The molecule has 10 nitrogen and oxygen atoms in total. The van der Waals surface area contributed by atoms with Crippen LogP contribution in [0.2, 0.25) is 0 Å². The first-order chi connectivity index (χ1) is 13.7. The zero-order valence-electron chi connectivity index (χ0n) is 15.9. The Balaban J connectivity index is 1.49. The second kappa shape index (κ2) is 7.21. The van der Waals surface area contributed by atoms with Crippen LogP contribution in [0.25, 0.3) is 0 Å². The van der Waals surface area contributed by atoms with E-state index in [1.807, 2.05) is 0 Å². The molecule has 0 spiro atoms. The van der Waals surface area contributed by atoms with Crippen LogP contribution >= 0.6 is 0 Å². The maximum Gasteiger partial charge on any atom is 0.271 e. The van der Waals surface area contributed by atoms with Gasteiger partial charge in [0.15, 0.2) is 15.7 Å². The van der Waals surface area contributed by atoms with Crippen LogP contribution in [0, 0.1) is 10.1 Å². The molecule has 0 atom stereocenters. The quantitative estimate of drug-likeness (QED) is 0.577. The van der Waals surface area contributed by atoms with E-state index in [1.165, 1.54) is 6.07 Å². The summed E-state index contributed by atoms with van der Waals surface area (Å²) in [6.07, 6.45) is 4.60. The number of likely N-dealkylation sites (tertiary alicyclic amines) is 1. The highest BCUT2D eigenvalue weighted by atomic mass is 32.2. The van der Waals surface area contributed by atoms with Gasteiger partial charge in [0.1, 0.15) is 5.82 Å². The first-order valence-corrected chi connectivity index (χ1v) is 11.3. The number of nitro groups is 1. The van der Waals surface area contributed by atoms with Crippen molar-refractivity contribution in [1.29, 1.82) is 0 Å². The summed E-state index contributed by atoms with van der Waals surface area (Å²) >= 11 is 0. The Bertz CT molecular complexity index is 1070. The Labute approximate surface area is 167 Å². The molecule has 1 saturated carbocycles. The predicted molar refractivity (Wildman–Crippen MR) is 102 cm³/mol. The molecule has 2 aliphatic rings. The fourth-order valence-corrected chi connectivity index (χ4v) is 4.24. The Kier molecular flexibility index (Phi) is 4.85. The Morgan fingerprint density at radius 1 is 1.17 bits per heavy atom. The van der Waals surface area contributed by atoms with Crippen molar-refractivity contribution in [3.8, 4) is 0 Å². The predicted octanol–water partition coefficient (Wildman–Crippen LogP) is 2.01. The summed E-state index contributed by atoms with van der Waals surface area (Å²) in [7, 11) is -3.68. The van der Waals surface area contributed by atoms with Crippen LogP contribution in [0.5, 0.6) is 0 Å². The SMILES string of the molecule is CS(=O)(=O)c1cc(C(=O)N2CCC(c3nc(C4CC4)n[nH]3)CC2)cc([N+](=O)[O-])c1. The number of benzene rings is 1. The highest BCUT2D eigenvalue weighted by molar-refractivity contribution is 7.90. The molecule has 1 aromatic carbocycles. The van der Waals surface area contributed by atoms with Crippen molar-refractivity contribution < 1.29 is 18.1 Å². The average molecular weight is 419 g/mol. The van der Waals surface area contributed by atoms with E-state index in [-0.39, 0.29) is 16.4 Å². The number of H-pyrrole nitrogens is 1. The van der Waals surface area contributed by atoms with Gasteiger partial charge in [-0.2, -0.15) is 5.10 Å². The van der Waals surface area contributed by atoms with E-state index < -0.39 is 26.4 Å². The molecule has 1 aromatic heterocycles. The fraction of sp³-hybridized carbons (Fsp3) is 0.500. The number of amides is 1. The minimum Gasteiger partial charge on any atom is -0.339 e. The number of nitro benzene ring substituents is 1. The van der Waals surface area contributed by atoms with Gasteiger partial charge in [-0.15, -0.1) is 0 Å². The Morgan fingerprint density at radius 2 is 1.86 bits per heavy atom. The molecule has 0 unspecified atom stereocenters. The number of nitrogens with zero attached hydrogens (tertiary/aromatic N) is 4. The van der Waals surface area contributed by atoms with Gasteiger partial charge in [-0.1, -0.05) is 0 Å². The molecule has 0 bridgehead atoms. The number of piperidine rings is 1. The van der Waals surface area contributed by atoms with Crippen molar-refractivity contribution >= 4 is 21.4 Å². The molecule has 2 aromatic rings. The number of carbonyl (C=O) groups excluding carboxylic acids is 1. The van der Waals surface area contributed by atoms with E-state index in [2.05, 4.69) is 15.2 Å². The minimum atomic E-state index is -3.68. The largest absolute Gasteiger partial charge is 0.339 e. The molecular formula is C18H21N5O5S. The molecular weight excluding hydrogens is 398 g/mol. The van der Waals surface area contributed by atoms with Gasteiger partial charge < -0.3 is 4.90 Å². The number of hydrogen-bond acceptors (Lipinski definition) is 7. The number of nitrogens with one attached hydrogen (secondary N) is 1. The monoisotopic (exact) mass is 419 g/mol. The number of carbonyl (C=O) groups is 1. The summed E-state index contributed by atoms with van der Waals surface area (Å²) < 4.78 is 23.7. The number of aromatic nitrogens is 3. The number of non-ortho nitro benzene ring substituents is 1. The molecule has 154 valence electrons. The lowest BCUT2D eigenvalue weighted by molar-refractivity contribution is -0.385. The lowest BCUT2D eigenvalue weighted by Crippen LogP contribution is -2.38. The third-order valence-electron chi connectivity index (χ3n) is 5.41. The molecule has 0 radical (unpaired) electrons. The number of sulfone groups is 1. The van der Waals surface area contributed by atoms with Crippen molar-refractivity contribution in [2.45, 2.75) is 42.4 Å². The minimum absolute atomic E-state index is 0.00811. The van der Waals surface area contributed by atoms with Crippen LogP contribution in [0.4, 0.5) is 5.69 Å². The smallest absolute Gasteiger partial charge is 0.271 e. The van der Waals surface area contributed by atoms with Gasteiger partial charge in [-0.05, 0) is 31.7 Å². The molecule has 1 amide bonds. The molecule has 11 heteroatoms. The van der Waals surface area contributed by atoms with Gasteiger partial charge in [-0.25, -0.2) is 13.4 Å². The maximum absolute atomic E-state index is 12.9. The second-order valence-electron chi connectivity index (χ2n) is 7.66. The van der Waals surface area contributed by atoms with Gasteiger partial charge in [-0.3, -0.25) is 20.0 Å². The molecule has 1 saturated heterocycles. The van der Waals surface area contributed by atoms with Gasteiger partial charge in [0.05, 0.1) is 9.82 Å². The normalized spacial score (nSPS) is 18.0. The van der Waals surface area contributed by atoms with Gasteiger partial charge >= 0.3 is 0 Å². The van der Waals surface area contributed by atoms with Gasteiger partial charge in [0.2, 0.25) is 0 Å². The van der Waals surface area contributed by atoms with Crippen molar-refractivity contribution in [2.75, 3.05) is 19.3 Å². The summed E-state index contributed by atoms with van der Waals surface area (Å²) in [5.41, 5.74) is -0.408. The van der Waals surface area contributed by atoms with Crippen molar-refractivity contribution in [3.63, 3.8) is 0 Å². The van der Waals surface area contributed by atoms with Crippen molar-refractivity contribution in [1.82, 2.24) is 20.1 Å². The van der Waals surface area contributed by atoms with Crippen LogP contribution < -0.4 is 0 Å². The Morgan fingerprint density at radius 3 is 2.45 bits per heavy atom. The highest BCUT2D eigenvalue weighted by Crippen LogP contribution is 2.38. The van der Waals surface area contributed by atoms with Crippen LogP contribution in [0.3, 0.4) is 0 Å². The highest BCUT2D eigenvalue weighted by Gasteiger charge is 2.31. The zero-order valence-corrected chi connectivity index (χ0v) is 16.7. The van der Waals surface area contributed by atoms with Crippen LogP contribution in [-0.2, 0) is 9.84 Å². The standard InChI is InChI=1S/C18H21N5O5S/c1-29(27,28)15-9-13(8-14(10-15)23(25)26)18(24)22-6-4-12(5-7-22)17-19-16(20-21-17)11-2-3-11/h8-12H,2-7H2,1H3,(H,19,20,21). The second-order valence-corrected chi connectivity index (χ2v) is 9.68. The average Bonchev–Trinajstić information content (AvgIpc) is 3.43. The van der Waals surface area contributed by atoms with E-state index >= 15 is 0 Å². The third-order valence-corrected chi connectivity index (χ3v) is 6.50. The summed E-state index contributed by atoms with van der Waals surface area (Å²) in [4.78, 5) is 29.3. The molecule has 1 N–H and O–H groups in total. The lowest BCUT2D eigenvalue weighted by Gasteiger charge is -2.31. The van der Waals surface area contributed by atoms with Crippen molar-refractivity contribution in [2.24, 2.45) is 0 Å². The van der Waals surface area contributed by atoms with Crippen LogP contribution in [0.1, 0.15) is 59.5 Å². The maximum atomic E-state index is 12.9. The summed E-state index contributed by atoms with van der Waals surface area (Å²) in [5, 5.41) is 18.4. The fourth-order valence-electron chi connectivity index (χ4n) is 3.56. The van der Waals surface area contributed by atoms with E-state index in [1.54, 1.807) is 4.90 Å². The van der Waals surface area contributed by atoms with Gasteiger partial charge in [0.25, 0.3) is 11.6 Å². The number of hydrogen-bond donors (Lipinski definition) is 1. The van der Waals surface area contributed by atoms with E-state index in [9.17, 15) is 23.3 Å². The first kappa shape index (κ1) is 19.5. The van der Waals surface area contributed by atoms with Crippen LogP contribution in [-0.4, -0.2) is 58.7 Å².